The molecule has 2 aliphatic heterocycles. The lowest BCUT2D eigenvalue weighted by atomic mass is 10.1. The van der Waals surface area contributed by atoms with Crippen molar-refractivity contribution >= 4 is 28.8 Å². The number of aliphatic imine (C=N–C) groups is 1. The van der Waals surface area contributed by atoms with E-state index >= 15 is 0 Å². The first kappa shape index (κ1) is 18.1. The van der Waals surface area contributed by atoms with Gasteiger partial charge in [0, 0.05) is 30.6 Å². The van der Waals surface area contributed by atoms with Gasteiger partial charge in [-0.3, -0.25) is 4.79 Å². The summed E-state index contributed by atoms with van der Waals surface area (Å²) in [7, 11) is 1.62. The molecule has 0 aromatic heterocycles. The second kappa shape index (κ2) is 7.40. The fourth-order valence-electron chi connectivity index (χ4n) is 3.46. The molecule has 0 bridgehead atoms. The number of carbonyl (C=O) groups excluding carboxylic acids is 1. The number of anilines is 2. The highest BCUT2D eigenvalue weighted by Gasteiger charge is 2.26. The highest BCUT2D eigenvalue weighted by Crippen LogP contribution is 2.42. The highest BCUT2D eigenvalue weighted by molar-refractivity contribution is 6.10. The number of amides is 1. The maximum Gasteiger partial charge on any atom is 0.256 e. The molecule has 0 unspecified atom stereocenters. The van der Waals surface area contributed by atoms with Gasteiger partial charge in [0.2, 0.25) is 0 Å². The Hall–Kier alpha value is -3.26. The Morgan fingerprint density at radius 3 is 2.79 bits per heavy atom. The number of nitrogen functional groups attached to an aromatic ring is 1. The minimum Gasteiger partial charge on any atom is -0.506 e. The standard InChI is InChI=1S/C20H22N4O4/c1-27-17-5-3-15(24-6-8-28-9-7-24)19-13(17)11-18(22-19)23-20(26)12-2-4-16(25)14(21)10-12/h2-5,10,25H,6-9,11,21H2,1H3,(H,22,23,26). The number of rotatable bonds is 3. The van der Waals surface area contributed by atoms with Gasteiger partial charge in [-0.1, -0.05) is 0 Å². The molecule has 28 heavy (non-hydrogen) atoms. The van der Waals surface area contributed by atoms with Crippen LogP contribution in [0.25, 0.3) is 0 Å². The second-order valence-electron chi connectivity index (χ2n) is 6.68. The number of methoxy groups -OCH3 is 1. The van der Waals surface area contributed by atoms with E-state index in [0.29, 0.717) is 31.0 Å². The smallest absolute Gasteiger partial charge is 0.256 e. The van der Waals surface area contributed by atoms with Crippen molar-refractivity contribution in [3.63, 3.8) is 0 Å². The maximum atomic E-state index is 12.6. The normalized spacial score (nSPS) is 15.8. The van der Waals surface area contributed by atoms with Gasteiger partial charge in [-0.25, -0.2) is 4.99 Å². The second-order valence-corrected chi connectivity index (χ2v) is 6.68. The summed E-state index contributed by atoms with van der Waals surface area (Å²) < 4.78 is 10.9. The van der Waals surface area contributed by atoms with Crippen LogP contribution in [0, 0.1) is 0 Å². The fourth-order valence-corrected chi connectivity index (χ4v) is 3.46. The predicted molar refractivity (Wildman–Crippen MR) is 107 cm³/mol. The van der Waals surface area contributed by atoms with Crippen LogP contribution in [-0.4, -0.2) is 50.3 Å². The van der Waals surface area contributed by atoms with Crippen molar-refractivity contribution in [3.05, 3.63) is 41.5 Å². The molecule has 146 valence electrons. The van der Waals surface area contributed by atoms with Crippen LogP contribution in [0.5, 0.6) is 11.5 Å². The Morgan fingerprint density at radius 2 is 2.07 bits per heavy atom. The summed E-state index contributed by atoms with van der Waals surface area (Å²) in [6, 6.07) is 8.29. The first-order chi connectivity index (χ1) is 13.6. The fraction of sp³-hybridized carbons (Fsp3) is 0.300. The SMILES string of the molecule is COc1ccc(N2CCOCC2)c2c1CC(NC(=O)c1ccc(O)c(N)c1)=N2. The number of morpholine rings is 1. The quantitative estimate of drug-likeness (QED) is 0.552. The molecule has 0 saturated carbocycles. The van der Waals surface area contributed by atoms with Gasteiger partial charge in [-0.2, -0.15) is 0 Å². The van der Waals surface area contributed by atoms with Crippen molar-refractivity contribution in [1.82, 2.24) is 5.32 Å². The molecule has 4 N–H and O–H groups in total. The molecular weight excluding hydrogens is 360 g/mol. The zero-order chi connectivity index (χ0) is 19.7. The molecule has 0 aliphatic carbocycles. The Labute approximate surface area is 162 Å². The van der Waals surface area contributed by atoms with E-state index < -0.39 is 0 Å². The summed E-state index contributed by atoms with van der Waals surface area (Å²) in [5, 5.41) is 12.4. The number of ether oxygens (including phenoxy) is 2. The van der Waals surface area contributed by atoms with Gasteiger partial charge in [0.05, 0.1) is 37.4 Å². The molecule has 8 nitrogen and oxygen atoms in total. The van der Waals surface area contributed by atoms with Gasteiger partial charge in [0.25, 0.3) is 5.91 Å². The van der Waals surface area contributed by atoms with Gasteiger partial charge in [-0.15, -0.1) is 0 Å². The molecule has 8 heteroatoms. The van der Waals surface area contributed by atoms with E-state index in [0.717, 1.165) is 35.8 Å². The van der Waals surface area contributed by atoms with E-state index in [1.54, 1.807) is 7.11 Å². The van der Waals surface area contributed by atoms with Crippen molar-refractivity contribution in [3.8, 4) is 11.5 Å². The van der Waals surface area contributed by atoms with Crippen molar-refractivity contribution in [2.45, 2.75) is 6.42 Å². The molecular formula is C20H22N4O4. The van der Waals surface area contributed by atoms with Crippen LogP contribution in [-0.2, 0) is 11.2 Å². The molecule has 0 atom stereocenters. The minimum absolute atomic E-state index is 0.0537. The largest absolute Gasteiger partial charge is 0.506 e. The monoisotopic (exact) mass is 382 g/mol. The zero-order valence-corrected chi connectivity index (χ0v) is 15.6. The minimum atomic E-state index is -0.329. The Balaban J connectivity index is 1.60. The number of fused-ring (bicyclic) bond motifs is 1. The molecule has 1 amide bonds. The number of hydrogen-bond donors (Lipinski definition) is 3. The summed E-state index contributed by atoms with van der Waals surface area (Å²) >= 11 is 0. The van der Waals surface area contributed by atoms with Gasteiger partial charge < -0.3 is 30.5 Å². The number of carbonyl (C=O) groups is 1. The van der Waals surface area contributed by atoms with Crippen molar-refractivity contribution in [1.29, 1.82) is 0 Å². The van der Waals surface area contributed by atoms with E-state index in [1.165, 1.54) is 18.2 Å². The van der Waals surface area contributed by atoms with Gasteiger partial charge in [0.1, 0.15) is 17.3 Å². The predicted octanol–water partition coefficient (Wildman–Crippen LogP) is 1.84. The first-order valence-electron chi connectivity index (χ1n) is 9.07. The molecule has 2 heterocycles. The Morgan fingerprint density at radius 1 is 1.29 bits per heavy atom. The van der Waals surface area contributed by atoms with E-state index in [2.05, 4.69) is 15.2 Å². The van der Waals surface area contributed by atoms with Crippen molar-refractivity contribution in [2.24, 2.45) is 4.99 Å². The van der Waals surface area contributed by atoms with Gasteiger partial charge in [0.15, 0.2) is 0 Å². The lowest BCUT2D eigenvalue weighted by molar-refractivity contribution is 0.0976. The van der Waals surface area contributed by atoms with Crippen LogP contribution in [0.4, 0.5) is 17.1 Å². The number of amidine groups is 1. The van der Waals surface area contributed by atoms with Crippen molar-refractivity contribution < 1.29 is 19.4 Å². The maximum absolute atomic E-state index is 12.6. The molecule has 0 spiro atoms. The highest BCUT2D eigenvalue weighted by atomic mass is 16.5. The average Bonchev–Trinajstić information content (AvgIpc) is 3.13. The van der Waals surface area contributed by atoms with Crippen LogP contribution < -0.4 is 20.7 Å². The lowest BCUT2D eigenvalue weighted by Crippen LogP contribution is -2.36. The number of benzene rings is 2. The molecule has 4 rings (SSSR count). The Kier molecular flexibility index (Phi) is 4.79. The van der Waals surface area contributed by atoms with E-state index in [-0.39, 0.29) is 17.3 Å². The van der Waals surface area contributed by atoms with Crippen LogP contribution >= 0.6 is 0 Å². The van der Waals surface area contributed by atoms with E-state index in [1.807, 2.05) is 12.1 Å². The van der Waals surface area contributed by atoms with Crippen LogP contribution in [0.2, 0.25) is 0 Å². The number of phenols is 1. The van der Waals surface area contributed by atoms with Crippen molar-refractivity contribution in [2.75, 3.05) is 44.0 Å². The van der Waals surface area contributed by atoms with E-state index in [9.17, 15) is 9.90 Å². The molecule has 1 saturated heterocycles. The summed E-state index contributed by atoms with van der Waals surface area (Å²) in [6.45, 7) is 2.94. The Bertz CT molecular complexity index is 951. The van der Waals surface area contributed by atoms with Crippen LogP contribution in [0.15, 0.2) is 35.3 Å². The third kappa shape index (κ3) is 3.34. The van der Waals surface area contributed by atoms with Crippen LogP contribution in [0.1, 0.15) is 15.9 Å². The van der Waals surface area contributed by atoms with Gasteiger partial charge >= 0.3 is 0 Å². The van der Waals surface area contributed by atoms with Gasteiger partial charge in [-0.05, 0) is 30.3 Å². The average molecular weight is 382 g/mol. The first-order valence-corrected chi connectivity index (χ1v) is 9.07. The molecule has 2 aliphatic rings. The molecule has 0 radical (unpaired) electrons. The zero-order valence-electron chi connectivity index (χ0n) is 15.6. The van der Waals surface area contributed by atoms with Crippen LogP contribution in [0.3, 0.4) is 0 Å². The summed E-state index contributed by atoms with van der Waals surface area (Å²) in [6.07, 6.45) is 0.468. The molecule has 2 aromatic carbocycles. The number of phenolic OH excluding ortho intramolecular Hbond substituents is 1. The number of hydrogen-bond acceptors (Lipinski definition) is 7. The summed E-state index contributed by atoms with van der Waals surface area (Å²) in [5.74, 6) is 0.909. The third-order valence-corrected chi connectivity index (χ3v) is 4.93. The molecule has 2 aromatic rings. The summed E-state index contributed by atoms with van der Waals surface area (Å²) in [4.78, 5) is 19.5. The summed E-state index contributed by atoms with van der Waals surface area (Å²) in [5.41, 5.74) is 8.98. The molecule has 1 fully saturated rings. The number of aromatic hydroxyl groups is 1. The van der Waals surface area contributed by atoms with E-state index in [4.69, 9.17) is 15.2 Å². The topological polar surface area (TPSA) is 109 Å². The number of nitrogens with one attached hydrogen (secondary N) is 1. The lowest BCUT2D eigenvalue weighted by Gasteiger charge is -2.30. The third-order valence-electron chi connectivity index (χ3n) is 4.93. The number of nitrogens with zero attached hydrogens (tertiary/aromatic N) is 2. The number of nitrogens with two attached hydrogens (primary N) is 1.